The molecule has 0 saturated heterocycles. The molecule has 84 valence electrons. The molecular formula is C12H12FNO2. The van der Waals surface area contributed by atoms with Crippen molar-refractivity contribution in [3.8, 4) is 6.07 Å². The summed E-state index contributed by atoms with van der Waals surface area (Å²) in [5.41, 5.74) is 0.446. The lowest BCUT2D eigenvalue weighted by Gasteiger charge is -2.06. The molecule has 0 unspecified atom stereocenters. The lowest BCUT2D eigenvalue weighted by atomic mass is 10.0. The Kier molecular flexibility index (Phi) is 4.01. The Hall–Kier alpha value is -1.89. The molecule has 0 aliphatic heterocycles. The largest absolute Gasteiger partial charge is 0.462 e. The van der Waals surface area contributed by atoms with Crippen molar-refractivity contribution in [2.45, 2.75) is 20.3 Å². The average molecular weight is 221 g/mol. The summed E-state index contributed by atoms with van der Waals surface area (Å²) in [6, 6.07) is 4.59. The summed E-state index contributed by atoms with van der Waals surface area (Å²) >= 11 is 0. The summed E-state index contributed by atoms with van der Waals surface area (Å²) in [5, 5.41) is 8.73. The molecule has 0 N–H and O–H groups in total. The van der Waals surface area contributed by atoms with Gasteiger partial charge in [0.2, 0.25) is 0 Å². The number of halogens is 1. The normalized spacial score (nSPS) is 9.62. The first-order chi connectivity index (χ1) is 7.63. The maximum Gasteiger partial charge on any atom is 0.341 e. The van der Waals surface area contributed by atoms with E-state index in [4.69, 9.17) is 10.00 Å². The van der Waals surface area contributed by atoms with Gasteiger partial charge in [-0.2, -0.15) is 5.26 Å². The third kappa shape index (κ3) is 2.37. The van der Waals surface area contributed by atoms with Gasteiger partial charge in [0.25, 0.3) is 0 Å². The van der Waals surface area contributed by atoms with Gasteiger partial charge in [0, 0.05) is 0 Å². The van der Waals surface area contributed by atoms with Gasteiger partial charge in [-0.05, 0) is 31.0 Å². The number of aryl methyl sites for hydroxylation is 1. The quantitative estimate of drug-likeness (QED) is 0.736. The second-order valence-electron chi connectivity index (χ2n) is 3.19. The number of benzene rings is 1. The number of carbonyl (C=O) groups is 1. The highest BCUT2D eigenvalue weighted by molar-refractivity contribution is 5.90. The third-order valence-corrected chi connectivity index (χ3v) is 2.16. The molecule has 4 heteroatoms. The van der Waals surface area contributed by atoms with Crippen LogP contribution in [0.3, 0.4) is 0 Å². The zero-order chi connectivity index (χ0) is 12.1. The fourth-order valence-corrected chi connectivity index (χ4v) is 1.33. The van der Waals surface area contributed by atoms with Crippen LogP contribution in [0.2, 0.25) is 0 Å². The van der Waals surface area contributed by atoms with E-state index in [1.54, 1.807) is 13.0 Å². The number of ether oxygens (including phenoxy) is 1. The van der Waals surface area contributed by atoms with E-state index < -0.39 is 11.8 Å². The first kappa shape index (κ1) is 12.2. The molecule has 1 rings (SSSR count). The van der Waals surface area contributed by atoms with Crippen LogP contribution >= 0.6 is 0 Å². The van der Waals surface area contributed by atoms with Crippen LogP contribution in [-0.2, 0) is 11.2 Å². The predicted molar refractivity (Wildman–Crippen MR) is 56.4 cm³/mol. The van der Waals surface area contributed by atoms with Crippen LogP contribution in [0.4, 0.5) is 4.39 Å². The molecule has 0 aromatic heterocycles. The number of hydrogen-bond acceptors (Lipinski definition) is 3. The Balaban J connectivity index is 3.27. The monoisotopic (exact) mass is 221 g/mol. The van der Waals surface area contributed by atoms with Gasteiger partial charge >= 0.3 is 5.97 Å². The molecule has 0 bridgehead atoms. The number of nitriles is 1. The fourth-order valence-electron chi connectivity index (χ4n) is 1.33. The molecule has 1 aromatic rings. The van der Waals surface area contributed by atoms with Crippen molar-refractivity contribution in [3.63, 3.8) is 0 Å². The second kappa shape index (κ2) is 5.26. The number of nitrogens with zero attached hydrogens (tertiary/aromatic N) is 1. The van der Waals surface area contributed by atoms with Crippen LogP contribution in [0.15, 0.2) is 12.1 Å². The minimum Gasteiger partial charge on any atom is -0.462 e. The highest BCUT2D eigenvalue weighted by Crippen LogP contribution is 2.17. The molecular weight excluding hydrogens is 209 g/mol. The van der Waals surface area contributed by atoms with Gasteiger partial charge in [-0.15, -0.1) is 0 Å². The Morgan fingerprint density at radius 3 is 2.69 bits per heavy atom. The van der Waals surface area contributed by atoms with Gasteiger partial charge in [0.05, 0.1) is 17.7 Å². The van der Waals surface area contributed by atoms with Crippen molar-refractivity contribution in [1.29, 1.82) is 5.26 Å². The molecule has 0 saturated carbocycles. The summed E-state index contributed by atoms with van der Waals surface area (Å²) in [4.78, 5) is 11.4. The summed E-state index contributed by atoms with van der Waals surface area (Å²) in [5.74, 6) is -1.54. The van der Waals surface area contributed by atoms with E-state index >= 15 is 0 Å². The Labute approximate surface area is 93.5 Å². The van der Waals surface area contributed by atoms with E-state index in [9.17, 15) is 9.18 Å². The zero-order valence-electron chi connectivity index (χ0n) is 9.21. The lowest BCUT2D eigenvalue weighted by molar-refractivity contribution is 0.0521. The average Bonchev–Trinajstić information content (AvgIpc) is 2.29. The van der Waals surface area contributed by atoms with Crippen molar-refractivity contribution in [3.05, 3.63) is 34.6 Å². The molecule has 0 aliphatic rings. The summed E-state index contributed by atoms with van der Waals surface area (Å²) in [7, 11) is 0. The van der Waals surface area contributed by atoms with E-state index in [2.05, 4.69) is 0 Å². The molecule has 0 amide bonds. The Bertz CT molecular complexity index is 449. The van der Waals surface area contributed by atoms with E-state index in [-0.39, 0.29) is 17.7 Å². The van der Waals surface area contributed by atoms with Crippen molar-refractivity contribution < 1.29 is 13.9 Å². The molecule has 3 nitrogen and oxygen atoms in total. The van der Waals surface area contributed by atoms with Crippen LogP contribution in [0, 0.1) is 17.1 Å². The molecule has 0 spiro atoms. The summed E-state index contributed by atoms with van der Waals surface area (Å²) in [6.45, 7) is 3.69. The van der Waals surface area contributed by atoms with Crippen molar-refractivity contribution in [1.82, 2.24) is 0 Å². The highest BCUT2D eigenvalue weighted by atomic mass is 19.1. The van der Waals surface area contributed by atoms with E-state index in [1.165, 1.54) is 12.1 Å². The van der Waals surface area contributed by atoms with Gasteiger partial charge in [-0.1, -0.05) is 6.92 Å². The van der Waals surface area contributed by atoms with Crippen LogP contribution in [0.25, 0.3) is 0 Å². The van der Waals surface area contributed by atoms with Crippen LogP contribution in [-0.4, -0.2) is 12.6 Å². The fraction of sp³-hybridized carbons (Fsp3) is 0.333. The third-order valence-electron chi connectivity index (χ3n) is 2.16. The van der Waals surface area contributed by atoms with Crippen LogP contribution in [0.1, 0.15) is 35.3 Å². The number of esters is 1. The van der Waals surface area contributed by atoms with Crippen LogP contribution in [0.5, 0.6) is 0 Å². The van der Waals surface area contributed by atoms with E-state index in [0.717, 1.165) is 5.56 Å². The van der Waals surface area contributed by atoms with Gasteiger partial charge in [0.1, 0.15) is 6.07 Å². The van der Waals surface area contributed by atoms with Gasteiger partial charge < -0.3 is 4.74 Å². The molecule has 0 aliphatic carbocycles. The second-order valence-corrected chi connectivity index (χ2v) is 3.19. The SMILES string of the molecule is CCOC(=O)c1cc(CC)cc(C#N)c1F. The standard InChI is InChI=1S/C12H12FNO2/c1-3-8-5-9(7-14)11(13)10(6-8)12(15)16-4-2/h5-6H,3-4H2,1-2H3. The highest BCUT2D eigenvalue weighted by Gasteiger charge is 2.17. The molecule has 1 aromatic carbocycles. The van der Waals surface area contributed by atoms with Gasteiger partial charge in [-0.25, -0.2) is 9.18 Å². The minimum absolute atomic E-state index is 0.123. The minimum atomic E-state index is -0.807. The molecule has 0 atom stereocenters. The smallest absolute Gasteiger partial charge is 0.341 e. The topological polar surface area (TPSA) is 50.1 Å². The van der Waals surface area contributed by atoms with Gasteiger partial charge in [0.15, 0.2) is 5.82 Å². The maximum atomic E-state index is 13.6. The van der Waals surface area contributed by atoms with Crippen molar-refractivity contribution in [2.75, 3.05) is 6.61 Å². The van der Waals surface area contributed by atoms with Crippen LogP contribution < -0.4 is 0 Å². The molecule has 0 radical (unpaired) electrons. The van der Waals surface area contributed by atoms with Crippen molar-refractivity contribution >= 4 is 5.97 Å². The Morgan fingerprint density at radius 1 is 1.50 bits per heavy atom. The molecule has 0 heterocycles. The molecule has 16 heavy (non-hydrogen) atoms. The summed E-state index contributed by atoms with van der Waals surface area (Å²) < 4.78 is 18.4. The Morgan fingerprint density at radius 2 is 2.19 bits per heavy atom. The van der Waals surface area contributed by atoms with Crippen molar-refractivity contribution in [2.24, 2.45) is 0 Å². The molecule has 0 fully saturated rings. The zero-order valence-corrected chi connectivity index (χ0v) is 9.21. The first-order valence-corrected chi connectivity index (χ1v) is 5.03. The number of rotatable bonds is 3. The summed E-state index contributed by atoms with van der Waals surface area (Å²) in [6.07, 6.45) is 0.626. The predicted octanol–water partition coefficient (Wildman–Crippen LogP) is 2.44. The lowest BCUT2D eigenvalue weighted by Crippen LogP contribution is -2.09. The van der Waals surface area contributed by atoms with Gasteiger partial charge in [-0.3, -0.25) is 0 Å². The van der Waals surface area contributed by atoms with E-state index in [0.29, 0.717) is 6.42 Å². The van der Waals surface area contributed by atoms with E-state index in [1.807, 2.05) is 6.92 Å². The number of carbonyl (C=O) groups excluding carboxylic acids is 1. The first-order valence-electron chi connectivity index (χ1n) is 5.03. The maximum absolute atomic E-state index is 13.6. The number of hydrogen-bond donors (Lipinski definition) is 0.